The van der Waals surface area contributed by atoms with Crippen molar-refractivity contribution in [2.24, 2.45) is 0 Å². The van der Waals surface area contributed by atoms with Gasteiger partial charge in [-0.15, -0.1) is 0 Å². The average Bonchev–Trinajstić information content (AvgIpc) is 2.62. The van der Waals surface area contributed by atoms with Crippen molar-refractivity contribution in [3.8, 4) is 0 Å². The number of nitrogens with zero attached hydrogens (tertiary/aromatic N) is 1. The zero-order valence-electron chi connectivity index (χ0n) is 12.9. The van der Waals surface area contributed by atoms with Gasteiger partial charge in [-0.25, -0.2) is 0 Å². The highest BCUT2D eigenvalue weighted by Crippen LogP contribution is 2.30. The normalized spacial score (nSPS) is 19.2. The number of rotatable bonds is 3. The molecule has 2 heteroatoms. The van der Waals surface area contributed by atoms with E-state index in [2.05, 4.69) is 50.0 Å². The molecule has 2 nitrogen and oxygen atoms in total. The number of hydrogen-bond acceptors (Lipinski definition) is 2. The van der Waals surface area contributed by atoms with Gasteiger partial charge < -0.3 is 5.32 Å². The van der Waals surface area contributed by atoms with Crippen LogP contribution in [0.3, 0.4) is 0 Å². The van der Waals surface area contributed by atoms with Gasteiger partial charge in [0, 0.05) is 25.7 Å². The lowest BCUT2D eigenvalue weighted by molar-refractivity contribution is 0.204. The molecule has 1 unspecified atom stereocenters. The van der Waals surface area contributed by atoms with Crippen molar-refractivity contribution in [1.29, 1.82) is 0 Å². The van der Waals surface area contributed by atoms with Crippen LogP contribution in [0.2, 0.25) is 0 Å². The van der Waals surface area contributed by atoms with E-state index in [9.17, 15) is 0 Å². The summed E-state index contributed by atoms with van der Waals surface area (Å²) in [7, 11) is 0. The molecule has 1 N–H and O–H groups in total. The Bertz CT molecular complexity index is 394. The maximum atomic E-state index is 3.50. The topological polar surface area (TPSA) is 15.3 Å². The Kier molecular flexibility index (Phi) is 5.00. The Labute approximate surface area is 118 Å². The Morgan fingerprint density at radius 3 is 2.42 bits per heavy atom. The van der Waals surface area contributed by atoms with Gasteiger partial charge in [0.25, 0.3) is 0 Å². The monoisotopic (exact) mass is 260 g/mol. The largest absolute Gasteiger partial charge is 0.315 e. The molecule has 0 spiro atoms. The van der Waals surface area contributed by atoms with Crippen LogP contribution >= 0.6 is 0 Å². The van der Waals surface area contributed by atoms with Crippen molar-refractivity contribution in [3.05, 3.63) is 34.4 Å². The molecule has 0 aliphatic carbocycles. The first kappa shape index (κ1) is 14.5. The van der Waals surface area contributed by atoms with Crippen LogP contribution in [0.25, 0.3) is 0 Å². The average molecular weight is 260 g/mol. The maximum Gasteiger partial charge on any atom is 0.0351 e. The van der Waals surface area contributed by atoms with Crippen LogP contribution in [0, 0.1) is 20.8 Å². The lowest BCUT2D eigenvalue weighted by atomic mass is 9.91. The quantitative estimate of drug-likeness (QED) is 0.896. The van der Waals surface area contributed by atoms with Gasteiger partial charge in [0.2, 0.25) is 0 Å². The number of nitrogens with one attached hydrogen (secondary N) is 1. The summed E-state index contributed by atoms with van der Waals surface area (Å²) in [5.41, 5.74) is 5.87. The molecule has 2 rings (SSSR count). The molecule has 1 atom stereocenters. The van der Waals surface area contributed by atoms with E-state index in [1.807, 2.05) is 0 Å². The van der Waals surface area contributed by atoms with Gasteiger partial charge in [0.05, 0.1) is 0 Å². The zero-order valence-corrected chi connectivity index (χ0v) is 12.9. The third-order valence-electron chi connectivity index (χ3n) is 4.27. The van der Waals surface area contributed by atoms with Gasteiger partial charge in [-0.2, -0.15) is 0 Å². The summed E-state index contributed by atoms with van der Waals surface area (Å²) in [5, 5.41) is 3.50. The summed E-state index contributed by atoms with van der Waals surface area (Å²) in [6.45, 7) is 13.7. The molecule has 0 saturated carbocycles. The SMILES string of the molecule is CCC(c1c(C)cc(C)cc1C)N1CCCNCC1. The van der Waals surface area contributed by atoms with Gasteiger partial charge in [-0.3, -0.25) is 4.90 Å². The van der Waals surface area contributed by atoms with Gasteiger partial charge in [-0.1, -0.05) is 24.6 Å². The van der Waals surface area contributed by atoms with E-state index < -0.39 is 0 Å². The Hall–Kier alpha value is -0.860. The van der Waals surface area contributed by atoms with Gasteiger partial charge in [-0.05, 0) is 56.8 Å². The number of aryl methyl sites for hydroxylation is 3. The van der Waals surface area contributed by atoms with E-state index in [-0.39, 0.29) is 0 Å². The predicted octanol–water partition coefficient (Wildman–Crippen LogP) is 3.36. The zero-order chi connectivity index (χ0) is 13.8. The molecule has 1 aromatic rings. The van der Waals surface area contributed by atoms with Crippen molar-refractivity contribution in [3.63, 3.8) is 0 Å². The molecule has 1 aliphatic heterocycles. The van der Waals surface area contributed by atoms with E-state index in [1.165, 1.54) is 49.2 Å². The standard InChI is InChI=1S/C17H28N2/c1-5-16(19-9-6-7-18-8-10-19)17-14(3)11-13(2)12-15(17)4/h11-12,16,18H,5-10H2,1-4H3. The number of benzene rings is 1. The van der Waals surface area contributed by atoms with Crippen molar-refractivity contribution in [2.45, 2.75) is 46.6 Å². The molecule has 0 bridgehead atoms. The lowest BCUT2D eigenvalue weighted by Crippen LogP contribution is -2.32. The van der Waals surface area contributed by atoms with Gasteiger partial charge in [0.1, 0.15) is 0 Å². The summed E-state index contributed by atoms with van der Waals surface area (Å²) >= 11 is 0. The summed E-state index contributed by atoms with van der Waals surface area (Å²) in [6.07, 6.45) is 2.46. The van der Waals surface area contributed by atoms with Crippen molar-refractivity contribution >= 4 is 0 Å². The van der Waals surface area contributed by atoms with E-state index in [0.29, 0.717) is 6.04 Å². The second-order valence-corrected chi connectivity index (χ2v) is 5.88. The molecule has 1 saturated heterocycles. The van der Waals surface area contributed by atoms with Gasteiger partial charge in [0.15, 0.2) is 0 Å². The fraction of sp³-hybridized carbons (Fsp3) is 0.647. The van der Waals surface area contributed by atoms with Crippen molar-refractivity contribution in [2.75, 3.05) is 26.2 Å². The minimum Gasteiger partial charge on any atom is -0.315 e. The minimum absolute atomic E-state index is 0.584. The first-order valence-electron chi connectivity index (χ1n) is 7.66. The van der Waals surface area contributed by atoms with Crippen LogP contribution in [-0.2, 0) is 0 Å². The molecule has 1 aromatic carbocycles. The molecule has 106 valence electrons. The second-order valence-electron chi connectivity index (χ2n) is 5.88. The third-order valence-corrected chi connectivity index (χ3v) is 4.27. The van der Waals surface area contributed by atoms with Crippen molar-refractivity contribution in [1.82, 2.24) is 10.2 Å². The Morgan fingerprint density at radius 1 is 1.11 bits per heavy atom. The molecule has 0 aromatic heterocycles. The van der Waals surface area contributed by atoms with E-state index in [4.69, 9.17) is 0 Å². The first-order chi connectivity index (χ1) is 9.13. The highest BCUT2D eigenvalue weighted by atomic mass is 15.2. The highest BCUT2D eigenvalue weighted by molar-refractivity contribution is 5.39. The third kappa shape index (κ3) is 3.37. The summed E-state index contributed by atoms with van der Waals surface area (Å²) < 4.78 is 0. The highest BCUT2D eigenvalue weighted by Gasteiger charge is 2.22. The van der Waals surface area contributed by atoms with Crippen LogP contribution in [0.5, 0.6) is 0 Å². The molecular weight excluding hydrogens is 232 g/mol. The predicted molar refractivity (Wildman–Crippen MR) is 82.7 cm³/mol. The smallest absolute Gasteiger partial charge is 0.0351 e. The molecule has 0 radical (unpaired) electrons. The lowest BCUT2D eigenvalue weighted by Gasteiger charge is -2.32. The van der Waals surface area contributed by atoms with Gasteiger partial charge >= 0.3 is 0 Å². The molecule has 1 aliphatic rings. The van der Waals surface area contributed by atoms with E-state index >= 15 is 0 Å². The van der Waals surface area contributed by atoms with Crippen LogP contribution in [-0.4, -0.2) is 31.1 Å². The summed E-state index contributed by atoms with van der Waals surface area (Å²) in [4.78, 5) is 2.67. The summed E-state index contributed by atoms with van der Waals surface area (Å²) in [6, 6.07) is 5.25. The molecule has 19 heavy (non-hydrogen) atoms. The van der Waals surface area contributed by atoms with Crippen LogP contribution in [0.4, 0.5) is 0 Å². The molecule has 0 amide bonds. The summed E-state index contributed by atoms with van der Waals surface area (Å²) in [5.74, 6) is 0. The minimum atomic E-state index is 0.584. The molecule has 1 heterocycles. The molecular formula is C17H28N2. The van der Waals surface area contributed by atoms with Crippen LogP contribution in [0.15, 0.2) is 12.1 Å². The van der Waals surface area contributed by atoms with E-state index in [0.717, 1.165) is 6.54 Å². The van der Waals surface area contributed by atoms with E-state index in [1.54, 1.807) is 5.56 Å². The second kappa shape index (κ2) is 6.53. The first-order valence-corrected chi connectivity index (χ1v) is 7.66. The fourth-order valence-electron chi connectivity index (χ4n) is 3.54. The van der Waals surface area contributed by atoms with Crippen molar-refractivity contribution < 1.29 is 0 Å². The van der Waals surface area contributed by atoms with Crippen LogP contribution < -0.4 is 5.32 Å². The Balaban J connectivity index is 2.30. The molecule has 1 fully saturated rings. The number of hydrogen-bond donors (Lipinski definition) is 1. The maximum absolute atomic E-state index is 3.50. The fourth-order valence-corrected chi connectivity index (χ4v) is 3.54. The Morgan fingerprint density at radius 2 is 1.79 bits per heavy atom. The van der Waals surface area contributed by atoms with Crippen LogP contribution in [0.1, 0.15) is 48.1 Å².